The van der Waals surface area contributed by atoms with E-state index in [1.165, 1.54) is 92.0 Å². The third-order valence-corrected chi connectivity index (χ3v) is 10.3. The first kappa shape index (κ1) is 32.4. The molecular formula is C40H55NO3. The van der Waals surface area contributed by atoms with Crippen LogP contribution in [-0.4, -0.2) is 26.8 Å². The van der Waals surface area contributed by atoms with Gasteiger partial charge in [-0.1, -0.05) is 77.5 Å². The molecule has 4 heteroatoms. The third kappa shape index (κ3) is 7.99. The van der Waals surface area contributed by atoms with Crippen LogP contribution in [0.1, 0.15) is 120 Å². The van der Waals surface area contributed by atoms with E-state index in [1.54, 1.807) is 13.4 Å². The average molecular weight is 598 g/mol. The molecule has 2 aliphatic rings. The Kier molecular flexibility index (Phi) is 11.7. The maximum Gasteiger partial charge on any atom is 0.161 e. The van der Waals surface area contributed by atoms with Crippen molar-refractivity contribution in [1.29, 1.82) is 0 Å². The lowest BCUT2D eigenvalue weighted by Gasteiger charge is -2.30. The Hall–Kier alpha value is -2.98. The van der Waals surface area contributed by atoms with Crippen LogP contribution >= 0.6 is 0 Å². The Morgan fingerprint density at radius 2 is 1.84 bits per heavy atom. The summed E-state index contributed by atoms with van der Waals surface area (Å²) >= 11 is 0. The predicted molar refractivity (Wildman–Crippen MR) is 186 cm³/mol. The number of methoxy groups -OCH3 is 1. The fraction of sp³-hybridized carbons (Fsp3) is 0.550. The van der Waals surface area contributed by atoms with Crippen molar-refractivity contribution < 1.29 is 13.9 Å². The second kappa shape index (κ2) is 15.8. The molecule has 0 amide bonds. The molecule has 0 saturated heterocycles. The lowest BCUT2D eigenvalue weighted by atomic mass is 9.76. The van der Waals surface area contributed by atoms with Crippen molar-refractivity contribution in [2.45, 2.75) is 110 Å². The fourth-order valence-corrected chi connectivity index (χ4v) is 7.16. The van der Waals surface area contributed by atoms with Crippen molar-refractivity contribution in [3.63, 3.8) is 0 Å². The molecule has 5 rings (SSSR count). The highest BCUT2D eigenvalue weighted by Crippen LogP contribution is 2.45. The summed E-state index contributed by atoms with van der Waals surface area (Å²) in [5, 5.41) is 4.74. The monoisotopic (exact) mass is 597 g/mol. The van der Waals surface area contributed by atoms with Gasteiger partial charge in [0.15, 0.2) is 11.5 Å². The Bertz CT molecular complexity index is 1420. The highest BCUT2D eigenvalue weighted by atomic mass is 16.5. The van der Waals surface area contributed by atoms with Crippen LogP contribution in [0.4, 0.5) is 0 Å². The Morgan fingerprint density at radius 1 is 0.977 bits per heavy atom. The van der Waals surface area contributed by atoms with E-state index in [2.05, 4.69) is 81.7 Å². The first-order chi connectivity index (χ1) is 21.5. The van der Waals surface area contributed by atoms with Crippen LogP contribution < -0.4 is 14.8 Å². The lowest BCUT2D eigenvalue weighted by molar-refractivity contribution is 0.282. The van der Waals surface area contributed by atoms with E-state index >= 15 is 0 Å². The van der Waals surface area contributed by atoms with Gasteiger partial charge in [-0.3, -0.25) is 0 Å². The van der Waals surface area contributed by atoms with Gasteiger partial charge >= 0.3 is 0 Å². The summed E-state index contributed by atoms with van der Waals surface area (Å²) in [6, 6.07) is 13.9. The summed E-state index contributed by atoms with van der Waals surface area (Å²) in [4.78, 5) is 0. The second-order valence-corrected chi connectivity index (χ2v) is 13.4. The smallest absolute Gasteiger partial charge is 0.161 e. The highest BCUT2D eigenvalue weighted by molar-refractivity contribution is 5.90. The van der Waals surface area contributed by atoms with Gasteiger partial charge in [0, 0.05) is 11.4 Å². The number of unbranched alkanes of at least 4 members (excludes halogenated alkanes) is 2. The number of rotatable bonds is 12. The Balaban J connectivity index is 1.48. The number of benzene rings is 2. The molecule has 44 heavy (non-hydrogen) atoms. The van der Waals surface area contributed by atoms with E-state index in [1.807, 2.05) is 0 Å². The lowest BCUT2D eigenvalue weighted by Crippen LogP contribution is -2.27. The third-order valence-electron chi connectivity index (χ3n) is 10.3. The molecule has 0 radical (unpaired) electrons. The van der Waals surface area contributed by atoms with Crippen molar-refractivity contribution in [3.8, 4) is 11.5 Å². The SMILES string of the molecule is CCC(C)CCCCCOc1cc2c(cc1OC)/C(C1CCCCC(NC)CC1)=C\C(c1ccc3occc3c1)=C\CC2C. The molecule has 2 aliphatic carbocycles. The molecular weight excluding hydrogens is 542 g/mol. The molecule has 1 fully saturated rings. The molecule has 1 N–H and O–H groups in total. The van der Waals surface area contributed by atoms with Crippen LogP contribution in [0.25, 0.3) is 22.1 Å². The standard InChI is InChI=1S/C40H55NO3/c1-6-28(2)12-8-7-11-22-43-40-26-35-29(3)15-16-32(31-18-20-38-33(24-31)21-23-44-38)25-36(37(35)27-39(40)42-5)30-13-9-10-14-34(41-4)19-17-30/h16,18,20-21,23-30,34,41H,6-15,17,19,22H2,1-5H3/b32-16-,36-25-. The van der Waals surface area contributed by atoms with Crippen molar-refractivity contribution in [2.24, 2.45) is 11.8 Å². The largest absolute Gasteiger partial charge is 0.493 e. The van der Waals surface area contributed by atoms with E-state index in [4.69, 9.17) is 13.9 Å². The topological polar surface area (TPSA) is 43.6 Å². The highest BCUT2D eigenvalue weighted by Gasteiger charge is 2.27. The molecule has 4 nitrogen and oxygen atoms in total. The number of allylic oxidation sites excluding steroid dienone is 4. The number of nitrogens with one attached hydrogen (secondary N) is 1. The molecule has 0 bridgehead atoms. The number of hydrogen-bond donors (Lipinski definition) is 1. The predicted octanol–water partition coefficient (Wildman–Crippen LogP) is 11.0. The van der Waals surface area contributed by atoms with Crippen LogP contribution in [0, 0.1) is 11.8 Å². The van der Waals surface area contributed by atoms with E-state index in [0.29, 0.717) is 17.9 Å². The summed E-state index contributed by atoms with van der Waals surface area (Å²) < 4.78 is 18.1. The molecule has 4 unspecified atom stereocenters. The molecule has 238 valence electrons. The molecule has 0 spiro atoms. The molecule has 1 aromatic heterocycles. The fourth-order valence-electron chi connectivity index (χ4n) is 7.16. The van der Waals surface area contributed by atoms with Gasteiger partial charge in [0.1, 0.15) is 5.58 Å². The summed E-state index contributed by atoms with van der Waals surface area (Å²) in [7, 11) is 3.91. The normalized spacial score (nSPS) is 24.1. The van der Waals surface area contributed by atoms with E-state index in [9.17, 15) is 0 Å². The zero-order chi connectivity index (χ0) is 30.9. The minimum atomic E-state index is 0.365. The van der Waals surface area contributed by atoms with Gasteiger partial charge in [0.25, 0.3) is 0 Å². The van der Waals surface area contributed by atoms with Gasteiger partial charge in [-0.25, -0.2) is 0 Å². The summed E-state index contributed by atoms with van der Waals surface area (Å²) in [6.45, 7) is 7.75. The molecule has 2 aromatic carbocycles. The van der Waals surface area contributed by atoms with Crippen LogP contribution in [0.5, 0.6) is 11.5 Å². The van der Waals surface area contributed by atoms with Gasteiger partial charge < -0.3 is 19.2 Å². The van der Waals surface area contributed by atoms with Crippen molar-refractivity contribution >= 4 is 22.1 Å². The first-order valence-electron chi connectivity index (χ1n) is 17.4. The molecule has 1 saturated carbocycles. The summed E-state index contributed by atoms with van der Waals surface area (Å²) in [5.74, 6) is 3.43. The molecule has 4 atom stereocenters. The van der Waals surface area contributed by atoms with Gasteiger partial charge in [-0.15, -0.1) is 0 Å². The van der Waals surface area contributed by atoms with E-state index < -0.39 is 0 Å². The van der Waals surface area contributed by atoms with Crippen molar-refractivity contribution in [1.82, 2.24) is 5.32 Å². The van der Waals surface area contributed by atoms with Crippen molar-refractivity contribution in [2.75, 3.05) is 20.8 Å². The minimum absolute atomic E-state index is 0.365. The van der Waals surface area contributed by atoms with Gasteiger partial charge in [0.05, 0.1) is 20.0 Å². The number of fused-ring (bicyclic) bond motifs is 2. The quantitative estimate of drug-likeness (QED) is 0.211. The van der Waals surface area contributed by atoms with Gasteiger partial charge in [0.2, 0.25) is 0 Å². The molecule has 1 heterocycles. The average Bonchev–Trinajstić information content (AvgIpc) is 3.50. The van der Waals surface area contributed by atoms with Crippen LogP contribution in [0.15, 0.2) is 59.2 Å². The summed E-state index contributed by atoms with van der Waals surface area (Å²) in [6.07, 6.45) is 21.3. The Morgan fingerprint density at radius 3 is 2.66 bits per heavy atom. The number of furan rings is 1. The first-order valence-corrected chi connectivity index (χ1v) is 17.4. The number of hydrogen-bond acceptors (Lipinski definition) is 4. The van der Waals surface area contributed by atoms with Crippen LogP contribution in [0.2, 0.25) is 0 Å². The zero-order valence-corrected chi connectivity index (χ0v) is 27.9. The summed E-state index contributed by atoms with van der Waals surface area (Å²) in [5.41, 5.74) is 7.69. The Labute approximate surface area is 266 Å². The van der Waals surface area contributed by atoms with E-state index in [-0.39, 0.29) is 0 Å². The van der Waals surface area contributed by atoms with Crippen molar-refractivity contribution in [3.05, 3.63) is 71.5 Å². The minimum Gasteiger partial charge on any atom is -0.493 e. The maximum atomic E-state index is 6.44. The maximum absolute atomic E-state index is 6.44. The zero-order valence-electron chi connectivity index (χ0n) is 27.9. The van der Waals surface area contributed by atoms with E-state index in [0.717, 1.165) is 47.8 Å². The van der Waals surface area contributed by atoms with Crippen LogP contribution in [-0.2, 0) is 0 Å². The number of ether oxygens (including phenoxy) is 2. The van der Waals surface area contributed by atoms with Gasteiger partial charge in [-0.05, 0) is 121 Å². The van der Waals surface area contributed by atoms with Crippen LogP contribution in [0.3, 0.4) is 0 Å². The molecule has 3 aromatic rings. The van der Waals surface area contributed by atoms with Gasteiger partial charge in [-0.2, -0.15) is 0 Å². The molecule has 0 aliphatic heterocycles. The second-order valence-electron chi connectivity index (χ2n) is 13.4.